The summed E-state index contributed by atoms with van der Waals surface area (Å²) in [6.45, 7) is 3.15. The first-order valence-electron chi connectivity index (χ1n) is 9.86. The van der Waals surface area contributed by atoms with Crippen LogP contribution in [0.4, 0.5) is 13.2 Å². The lowest BCUT2D eigenvalue weighted by Crippen LogP contribution is -2.47. The highest BCUT2D eigenvalue weighted by molar-refractivity contribution is 5.94. The van der Waals surface area contributed by atoms with Gasteiger partial charge in [0.05, 0.1) is 6.04 Å². The minimum absolute atomic E-state index is 0.0703. The lowest BCUT2D eigenvalue weighted by molar-refractivity contribution is -0.153. The Hall–Kier alpha value is -2.58. The van der Waals surface area contributed by atoms with Crippen molar-refractivity contribution in [1.29, 1.82) is 0 Å². The smallest absolute Gasteiger partial charge is 0.422 e. The third kappa shape index (κ3) is 6.74. The van der Waals surface area contributed by atoms with Gasteiger partial charge in [-0.15, -0.1) is 0 Å². The number of hydrogen-bond donors (Lipinski definition) is 1. The maximum atomic E-state index is 12.8. The summed E-state index contributed by atoms with van der Waals surface area (Å²) in [6.07, 6.45) is -4.40. The van der Waals surface area contributed by atoms with Crippen LogP contribution in [0.25, 0.3) is 0 Å². The van der Waals surface area contributed by atoms with Crippen molar-refractivity contribution < 1.29 is 22.7 Å². The van der Waals surface area contributed by atoms with Gasteiger partial charge in [0, 0.05) is 38.3 Å². The highest BCUT2D eigenvalue weighted by Gasteiger charge is 2.28. The van der Waals surface area contributed by atoms with Gasteiger partial charge in [-0.05, 0) is 36.9 Å². The van der Waals surface area contributed by atoms with E-state index in [1.807, 2.05) is 30.3 Å². The van der Waals surface area contributed by atoms with Gasteiger partial charge < -0.3 is 15.0 Å². The van der Waals surface area contributed by atoms with E-state index in [4.69, 9.17) is 4.74 Å². The van der Waals surface area contributed by atoms with Gasteiger partial charge in [-0.3, -0.25) is 9.69 Å². The van der Waals surface area contributed by atoms with Crippen molar-refractivity contribution in [1.82, 2.24) is 15.1 Å². The van der Waals surface area contributed by atoms with Crippen LogP contribution >= 0.6 is 0 Å². The molecule has 1 unspecified atom stereocenters. The van der Waals surface area contributed by atoms with Gasteiger partial charge in [-0.1, -0.05) is 30.3 Å². The normalized spacial score (nSPS) is 16.8. The van der Waals surface area contributed by atoms with Crippen molar-refractivity contribution in [3.63, 3.8) is 0 Å². The highest BCUT2D eigenvalue weighted by atomic mass is 19.4. The number of benzene rings is 2. The Balaban J connectivity index is 1.65. The molecule has 0 radical (unpaired) electrons. The van der Waals surface area contributed by atoms with E-state index in [-0.39, 0.29) is 17.7 Å². The summed E-state index contributed by atoms with van der Waals surface area (Å²) < 4.78 is 41.5. The maximum Gasteiger partial charge on any atom is 0.422 e. The first-order chi connectivity index (χ1) is 14.3. The van der Waals surface area contributed by atoms with E-state index in [1.54, 1.807) is 0 Å². The Morgan fingerprint density at radius 1 is 1.03 bits per heavy atom. The summed E-state index contributed by atoms with van der Waals surface area (Å²) in [5.41, 5.74) is 1.38. The Bertz CT molecular complexity index is 805. The molecule has 8 heteroatoms. The molecule has 0 aliphatic carbocycles. The molecule has 1 heterocycles. The second-order valence-electron chi connectivity index (χ2n) is 7.47. The van der Waals surface area contributed by atoms with Gasteiger partial charge in [0.15, 0.2) is 6.61 Å². The standard InChI is InChI=1S/C22H26F3N3O2/c1-27-11-13-28(14-12-27)15-20(17-5-3-2-4-6-17)26-21(29)18-7-9-19(10-8-18)30-16-22(23,24)25/h2-10,20H,11-16H2,1H3,(H,26,29). The number of nitrogens with one attached hydrogen (secondary N) is 1. The Kier molecular flexibility index (Phi) is 7.33. The summed E-state index contributed by atoms with van der Waals surface area (Å²) >= 11 is 0. The van der Waals surface area contributed by atoms with E-state index in [0.717, 1.165) is 31.7 Å². The summed E-state index contributed by atoms with van der Waals surface area (Å²) in [5.74, 6) is -0.207. The molecule has 30 heavy (non-hydrogen) atoms. The first kappa shape index (κ1) is 22.1. The average Bonchev–Trinajstić information content (AvgIpc) is 2.74. The van der Waals surface area contributed by atoms with Crippen molar-refractivity contribution in [2.45, 2.75) is 12.2 Å². The van der Waals surface area contributed by atoms with Crippen molar-refractivity contribution in [3.8, 4) is 5.75 Å². The maximum absolute atomic E-state index is 12.8. The van der Waals surface area contributed by atoms with Crippen LogP contribution < -0.4 is 10.1 Å². The number of amides is 1. The van der Waals surface area contributed by atoms with E-state index in [9.17, 15) is 18.0 Å². The van der Waals surface area contributed by atoms with Crippen molar-refractivity contribution >= 4 is 5.91 Å². The molecular formula is C22H26F3N3O2. The van der Waals surface area contributed by atoms with Crippen LogP contribution in [0.15, 0.2) is 54.6 Å². The molecule has 0 aromatic heterocycles. The predicted octanol–water partition coefficient (Wildman–Crippen LogP) is 3.35. The number of likely N-dealkylation sites (N-methyl/N-ethyl adjacent to an activating group) is 1. The van der Waals surface area contributed by atoms with Gasteiger partial charge >= 0.3 is 6.18 Å². The number of halogens is 3. The minimum Gasteiger partial charge on any atom is -0.484 e. The molecular weight excluding hydrogens is 395 g/mol. The van der Waals surface area contributed by atoms with E-state index in [2.05, 4.69) is 22.2 Å². The van der Waals surface area contributed by atoms with Crippen LogP contribution in [0.1, 0.15) is 22.0 Å². The van der Waals surface area contributed by atoms with Crippen LogP contribution in [-0.4, -0.2) is 68.3 Å². The van der Waals surface area contributed by atoms with E-state index in [0.29, 0.717) is 12.1 Å². The third-order valence-corrected chi connectivity index (χ3v) is 5.06. The fraction of sp³-hybridized carbons (Fsp3) is 0.409. The lowest BCUT2D eigenvalue weighted by Gasteiger charge is -2.35. The SMILES string of the molecule is CN1CCN(CC(NC(=O)c2ccc(OCC(F)(F)F)cc2)c2ccccc2)CC1. The topological polar surface area (TPSA) is 44.8 Å². The van der Waals surface area contributed by atoms with Crippen LogP contribution in [0.2, 0.25) is 0 Å². The molecule has 1 aliphatic heterocycles. The molecule has 1 atom stereocenters. The zero-order chi connectivity index (χ0) is 21.6. The number of rotatable bonds is 7. The Labute approximate surface area is 174 Å². The molecule has 1 aliphatic rings. The molecule has 162 valence electrons. The van der Waals surface area contributed by atoms with Gasteiger partial charge in [0.25, 0.3) is 5.91 Å². The van der Waals surface area contributed by atoms with Gasteiger partial charge in [-0.25, -0.2) is 0 Å². The monoisotopic (exact) mass is 421 g/mol. The van der Waals surface area contributed by atoms with E-state index in [1.165, 1.54) is 24.3 Å². The predicted molar refractivity (Wildman–Crippen MR) is 109 cm³/mol. The highest BCUT2D eigenvalue weighted by Crippen LogP contribution is 2.20. The number of ether oxygens (including phenoxy) is 1. The van der Waals surface area contributed by atoms with Crippen molar-refractivity contribution in [3.05, 3.63) is 65.7 Å². The minimum atomic E-state index is -4.40. The molecule has 0 spiro atoms. The summed E-state index contributed by atoms with van der Waals surface area (Å²) in [6, 6.07) is 15.3. The quantitative estimate of drug-likeness (QED) is 0.745. The summed E-state index contributed by atoms with van der Waals surface area (Å²) in [7, 11) is 2.09. The number of carbonyl (C=O) groups excluding carboxylic acids is 1. The average molecular weight is 421 g/mol. The van der Waals surface area contributed by atoms with Crippen LogP contribution in [0, 0.1) is 0 Å². The number of nitrogens with zero attached hydrogens (tertiary/aromatic N) is 2. The number of carbonyl (C=O) groups is 1. The number of alkyl halides is 3. The lowest BCUT2D eigenvalue weighted by atomic mass is 10.0. The molecule has 1 saturated heterocycles. The second kappa shape index (κ2) is 9.95. The number of piperazine rings is 1. The molecule has 2 aromatic rings. The first-order valence-corrected chi connectivity index (χ1v) is 9.86. The van der Waals surface area contributed by atoms with E-state index >= 15 is 0 Å². The molecule has 1 fully saturated rings. The van der Waals surface area contributed by atoms with E-state index < -0.39 is 12.8 Å². The fourth-order valence-electron chi connectivity index (χ4n) is 3.32. The molecule has 3 rings (SSSR count). The van der Waals surface area contributed by atoms with Gasteiger partial charge in [-0.2, -0.15) is 13.2 Å². The molecule has 1 amide bonds. The molecule has 2 aromatic carbocycles. The van der Waals surface area contributed by atoms with Crippen molar-refractivity contribution in [2.75, 3.05) is 46.4 Å². The zero-order valence-electron chi connectivity index (χ0n) is 16.9. The zero-order valence-corrected chi connectivity index (χ0v) is 16.9. The summed E-state index contributed by atoms with van der Waals surface area (Å²) in [4.78, 5) is 17.4. The van der Waals surface area contributed by atoms with Crippen LogP contribution in [0.5, 0.6) is 5.75 Å². The largest absolute Gasteiger partial charge is 0.484 e. The second-order valence-corrected chi connectivity index (χ2v) is 7.47. The van der Waals surface area contributed by atoms with Gasteiger partial charge in [0.1, 0.15) is 5.75 Å². The molecule has 5 nitrogen and oxygen atoms in total. The number of hydrogen-bond acceptors (Lipinski definition) is 4. The fourth-order valence-corrected chi connectivity index (χ4v) is 3.32. The van der Waals surface area contributed by atoms with Crippen LogP contribution in [0.3, 0.4) is 0 Å². The molecule has 1 N–H and O–H groups in total. The van der Waals surface area contributed by atoms with Gasteiger partial charge in [0.2, 0.25) is 0 Å². The summed E-state index contributed by atoms with van der Waals surface area (Å²) in [5, 5.41) is 3.07. The van der Waals surface area contributed by atoms with Crippen LogP contribution in [-0.2, 0) is 0 Å². The third-order valence-electron chi connectivity index (χ3n) is 5.06. The molecule has 0 bridgehead atoms. The molecule has 0 saturated carbocycles. The van der Waals surface area contributed by atoms with Crippen molar-refractivity contribution in [2.24, 2.45) is 0 Å². The Morgan fingerprint density at radius 2 is 1.67 bits per heavy atom. The Morgan fingerprint density at radius 3 is 2.27 bits per heavy atom.